The Morgan fingerprint density at radius 1 is 1.10 bits per heavy atom. The molecule has 0 atom stereocenters. The van der Waals surface area contributed by atoms with Crippen LogP contribution in [0.15, 0.2) is 0 Å². The summed E-state index contributed by atoms with van der Waals surface area (Å²) in [4.78, 5) is 13.8. The van der Waals surface area contributed by atoms with E-state index in [1.807, 2.05) is 0 Å². The van der Waals surface area contributed by atoms with Gasteiger partial charge >= 0.3 is 0 Å². The molecule has 2 aliphatic rings. The number of nitrogens with one attached hydrogen (secondary N) is 1. The van der Waals surface area contributed by atoms with Crippen LogP contribution in [0, 0.1) is 0 Å². The number of nitrogens with zero attached hydrogens (tertiary/aromatic N) is 3. The van der Waals surface area contributed by atoms with Crippen molar-refractivity contribution in [3.63, 3.8) is 0 Å². The molecule has 2 fully saturated rings. The van der Waals surface area contributed by atoms with Crippen molar-refractivity contribution in [2.75, 3.05) is 52.9 Å². The topological polar surface area (TPSA) is 73.0 Å². The van der Waals surface area contributed by atoms with E-state index in [2.05, 4.69) is 5.32 Å². The van der Waals surface area contributed by atoms with Gasteiger partial charge in [-0.25, -0.2) is 0 Å². The number of carbonyl (C=O) groups is 1. The lowest BCUT2D eigenvalue weighted by Gasteiger charge is -2.32. The average Bonchev–Trinajstić information content (AvgIpc) is 2.49. The van der Waals surface area contributed by atoms with Gasteiger partial charge in [-0.05, 0) is 12.8 Å². The second-order valence-corrected chi connectivity index (χ2v) is 7.39. The summed E-state index contributed by atoms with van der Waals surface area (Å²) in [6.07, 6.45) is 2.88. The first-order chi connectivity index (χ1) is 9.51. The Morgan fingerprint density at radius 3 is 2.30 bits per heavy atom. The zero-order chi connectivity index (χ0) is 14.6. The van der Waals surface area contributed by atoms with Crippen molar-refractivity contribution >= 4 is 16.1 Å². The van der Waals surface area contributed by atoms with Gasteiger partial charge in [-0.1, -0.05) is 6.42 Å². The number of rotatable bonds is 4. The van der Waals surface area contributed by atoms with Gasteiger partial charge in [0.15, 0.2) is 0 Å². The second-order valence-electron chi connectivity index (χ2n) is 5.35. The van der Waals surface area contributed by atoms with Gasteiger partial charge in [0.2, 0.25) is 5.91 Å². The van der Waals surface area contributed by atoms with Gasteiger partial charge in [-0.15, -0.1) is 0 Å². The molecule has 2 saturated heterocycles. The molecule has 0 aromatic heterocycles. The maximum Gasteiger partial charge on any atom is 0.282 e. The third-order valence-corrected chi connectivity index (χ3v) is 5.80. The number of carbonyl (C=O) groups excluding carboxylic acids is 1. The third kappa shape index (κ3) is 3.69. The molecule has 1 amide bonds. The van der Waals surface area contributed by atoms with E-state index >= 15 is 0 Å². The molecule has 2 rings (SSSR count). The molecule has 116 valence electrons. The maximum absolute atomic E-state index is 12.4. The van der Waals surface area contributed by atoms with E-state index < -0.39 is 10.2 Å². The molecule has 0 bridgehead atoms. The van der Waals surface area contributed by atoms with Crippen molar-refractivity contribution in [3.8, 4) is 0 Å². The van der Waals surface area contributed by atoms with E-state index in [9.17, 15) is 13.2 Å². The van der Waals surface area contributed by atoms with Crippen molar-refractivity contribution < 1.29 is 13.2 Å². The summed E-state index contributed by atoms with van der Waals surface area (Å²) >= 11 is 0. The van der Waals surface area contributed by atoms with E-state index in [4.69, 9.17) is 0 Å². The highest BCUT2D eigenvalue weighted by Gasteiger charge is 2.30. The fourth-order valence-corrected chi connectivity index (χ4v) is 3.97. The summed E-state index contributed by atoms with van der Waals surface area (Å²) in [5.74, 6) is -0.116. The second kappa shape index (κ2) is 6.84. The van der Waals surface area contributed by atoms with E-state index in [0.717, 1.165) is 32.4 Å². The van der Waals surface area contributed by atoms with Crippen LogP contribution >= 0.6 is 0 Å². The fraction of sp³-hybridized carbons (Fsp3) is 0.917. The third-order valence-electron chi connectivity index (χ3n) is 3.86. The molecule has 0 radical (unpaired) electrons. The van der Waals surface area contributed by atoms with Crippen molar-refractivity contribution in [1.29, 1.82) is 0 Å². The van der Waals surface area contributed by atoms with Crippen LogP contribution in [-0.4, -0.2) is 80.7 Å². The monoisotopic (exact) mass is 304 g/mol. The summed E-state index contributed by atoms with van der Waals surface area (Å²) in [5.41, 5.74) is 0. The number of amides is 1. The summed E-state index contributed by atoms with van der Waals surface area (Å²) < 4.78 is 27.4. The molecule has 7 nitrogen and oxygen atoms in total. The van der Waals surface area contributed by atoms with Crippen LogP contribution in [0.5, 0.6) is 0 Å². The van der Waals surface area contributed by atoms with Gasteiger partial charge in [0.25, 0.3) is 10.2 Å². The van der Waals surface area contributed by atoms with Gasteiger partial charge in [-0.2, -0.15) is 17.0 Å². The first-order valence-corrected chi connectivity index (χ1v) is 8.61. The van der Waals surface area contributed by atoms with Crippen LogP contribution in [-0.2, 0) is 15.0 Å². The van der Waals surface area contributed by atoms with Gasteiger partial charge in [-0.3, -0.25) is 4.79 Å². The normalized spacial score (nSPS) is 22.2. The lowest BCUT2D eigenvalue weighted by atomic mass is 10.2. The molecule has 0 saturated carbocycles. The molecule has 0 aromatic rings. The minimum atomic E-state index is -3.49. The van der Waals surface area contributed by atoms with Crippen LogP contribution in [0.1, 0.15) is 19.3 Å². The van der Waals surface area contributed by atoms with E-state index in [0.29, 0.717) is 26.2 Å². The molecule has 0 spiro atoms. The van der Waals surface area contributed by atoms with E-state index in [1.54, 1.807) is 4.90 Å². The zero-order valence-electron chi connectivity index (χ0n) is 12.0. The van der Waals surface area contributed by atoms with Crippen LogP contribution in [0.2, 0.25) is 0 Å². The first-order valence-electron chi connectivity index (χ1n) is 7.22. The van der Waals surface area contributed by atoms with E-state index in [-0.39, 0.29) is 12.5 Å². The Hall–Kier alpha value is -0.700. The van der Waals surface area contributed by atoms with Crippen LogP contribution < -0.4 is 5.32 Å². The number of hydrogen-bond donors (Lipinski definition) is 1. The highest BCUT2D eigenvalue weighted by atomic mass is 32.2. The van der Waals surface area contributed by atoms with Crippen LogP contribution in [0.4, 0.5) is 0 Å². The minimum Gasteiger partial charge on any atom is -0.339 e. The van der Waals surface area contributed by atoms with Gasteiger partial charge < -0.3 is 10.2 Å². The molecular weight excluding hydrogens is 280 g/mol. The molecular formula is C12H24N4O3S. The number of likely N-dealkylation sites (N-methyl/N-ethyl adjacent to an activating group) is 1. The lowest BCUT2D eigenvalue weighted by Crippen LogP contribution is -2.52. The summed E-state index contributed by atoms with van der Waals surface area (Å²) in [5, 5.41) is 3.17. The van der Waals surface area contributed by atoms with Crippen molar-refractivity contribution in [1.82, 2.24) is 18.8 Å². The summed E-state index contributed by atoms with van der Waals surface area (Å²) in [6, 6.07) is 0. The molecule has 0 aliphatic carbocycles. The first kappa shape index (κ1) is 15.7. The van der Waals surface area contributed by atoms with Crippen LogP contribution in [0.3, 0.4) is 0 Å². The predicted molar refractivity (Wildman–Crippen MR) is 76.4 cm³/mol. The SMILES string of the molecule is CN(CC(=O)N1CCNCC1)S(=O)(=O)N1CCCCC1. The summed E-state index contributed by atoms with van der Waals surface area (Å²) in [7, 11) is -2.00. The number of piperazine rings is 1. The Labute approximate surface area is 121 Å². The molecule has 2 aliphatic heterocycles. The predicted octanol–water partition coefficient (Wildman–Crippen LogP) is -0.919. The Balaban J connectivity index is 1.92. The van der Waals surface area contributed by atoms with E-state index in [1.165, 1.54) is 15.7 Å². The standard InChI is InChI=1S/C12H24N4O3S/c1-14(11-12(17)15-9-5-13-6-10-15)20(18,19)16-7-3-2-4-8-16/h13H,2-11H2,1H3. The van der Waals surface area contributed by atoms with Crippen molar-refractivity contribution in [2.45, 2.75) is 19.3 Å². The largest absolute Gasteiger partial charge is 0.339 e. The molecule has 1 N–H and O–H groups in total. The molecule has 2 heterocycles. The summed E-state index contributed by atoms with van der Waals surface area (Å²) in [6.45, 7) is 3.90. The zero-order valence-corrected chi connectivity index (χ0v) is 12.9. The van der Waals surface area contributed by atoms with Gasteiger partial charge in [0.05, 0.1) is 6.54 Å². The molecule has 20 heavy (non-hydrogen) atoms. The number of hydrogen-bond acceptors (Lipinski definition) is 4. The van der Waals surface area contributed by atoms with Crippen molar-refractivity contribution in [3.05, 3.63) is 0 Å². The van der Waals surface area contributed by atoms with Gasteiger partial charge in [0.1, 0.15) is 0 Å². The highest BCUT2D eigenvalue weighted by Crippen LogP contribution is 2.15. The van der Waals surface area contributed by atoms with Crippen molar-refractivity contribution in [2.24, 2.45) is 0 Å². The Kier molecular flexibility index (Phi) is 5.36. The Morgan fingerprint density at radius 2 is 1.70 bits per heavy atom. The molecule has 0 aromatic carbocycles. The molecule has 8 heteroatoms. The molecule has 0 unspecified atom stereocenters. The minimum absolute atomic E-state index is 0.0706. The highest BCUT2D eigenvalue weighted by molar-refractivity contribution is 7.86. The Bertz CT molecular complexity index is 428. The average molecular weight is 304 g/mol. The van der Waals surface area contributed by atoms with Crippen LogP contribution in [0.25, 0.3) is 0 Å². The number of piperidine rings is 1. The fourth-order valence-electron chi connectivity index (χ4n) is 2.58. The lowest BCUT2D eigenvalue weighted by molar-refractivity contribution is -0.131. The maximum atomic E-state index is 12.4. The smallest absolute Gasteiger partial charge is 0.282 e. The van der Waals surface area contributed by atoms with Gasteiger partial charge in [0, 0.05) is 46.3 Å². The quantitative estimate of drug-likeness (QED) is 0.729.